The number of benzene rings is 3. The maximum Gasteiger partial charge on any atom is 0.192 e. The minimum absolute atomic E-state index is 0.0000767. The van der Waals surface area contributed by atoms with Crippen molar-refractivity contribution in [3.8, 4) is 0 Å². The molecule has 1 aliphatic heterocycles. The average Bonchev–Trinajstić information content (AvgIpc) is 3.11. The van der Waals surface area contributed by atoms with Gasteiger partial charge in [0.1, 0.15) is 5.78 Å². The fraction of sp³-hybridized carbons (Fsp3) is 0.143. The van der Waals surface area contributed by atoms with Gasteiger partial charge in [0.25, 0.3) is 0 Å². The second kappa shape index (κ2) is 7.32. The number of rotatable bonds is 2. The van der Waals surface area contributed by atoms with Crippen LogP contribution in [0.1, 0.15) is 45.3 Å². The van der Waals surface area contributed by atoms with E-state index in [1.165, 1.54) is 0 Å². The number of hydrogen-bond acceptors (Lipinski definition) is 3. The van der Waals surface area contributed by atoms with E-state index in [1.54, 1.807) is 0 Å². The first-order chi connectivity index (χ1) is 15.6. The Balaban J connectivity index is 1.54. The summed E-state index contributed by atoms with van der Waals surface area (Å²) < 4.78 is 0. The Hall–Kier alpha value is -3.43. The topological polar surface area (TPSA) is 46.2 Å². The number of halogens is 1. The largest absolute Gasteiger partial charge is 0.358 e. The second-order valence-corrected chi connectivity index (χ2v) is 9.04. The molecule has 6 rings (SSSR count). The van der Waals surface area contributed by atoms with E-state index in [2.05, 4.69) is 23.5 Å². The molecule has 0 saturated carbocycles. The van der Waals surface area contributed by atoms with Crippen molar-refractivity contribution >= 4 is 28.9 Å². The van der Waals surface area contributed by atoms with Crippen molar-refractivity contribution in [2.75, 3.05) is 0 Å². The van der Waals surface area contributed by atoms with Gasteiger partial charge in [0.15, 0.2) is 5.78 Å². The molecule has 1 heterocycles. The molecule has 0 spiro atoms. The zero-order valence-corrected chi connectivity index (χ0v) is 18.0. The van der Waals surface area contributed by atoms with Crippen molar-refractivity contribution in [1.29, 1.82) is 0 Å². The van der Waals surface area contributed by atoms with Gasteiger partial charge in [0.05, 0.1) is 11.6 Å². The van der Waals surface area contributed by atoms with Crippen LogP contribution in [0, 0.1) is 5.92 Å². The van der Waals surface area contributed by atoms with Crippen LogP contribution in [-0.2, 0) is 4.79 Å². The number of hydrogen-bond donors (Lipinski definition) is 1. The highest BCUT2D eigenvalue weighted by atomic mass is 35.5. The van der Waals surface area contributed by atoms with E-state index in [9.17, 15) is 9.59 Å². The summed E-state index contributed by atoms with van der Waals surface area (Å²) >= 11 is 6.15. The first-order valence-corrected chi connectivity index (χ1v) is 11.2. The number of fused-ring (bicyclic) bond motifs is 3. The van der Waals surface area contributed by atoms with Crippen LogP contribution in [0.5, 0.6) is 0 Å². The molecule has 32 heavy (non-hydrogen) atoms. The summed E-state index contributed by atoms with van der Waals surface area (Å²) in [5.74, 6) is -0.575. The number of carbonyl (C=O) groups excluding carboxylic acids is 2. The van der Waals surface area contributed by atoms with Crippen LogP contribution >= 0.6 is 11.6 Å². The van der Waals surface area contributed by atoms with Crippen LogP contribution in [0.25, 0.3) is 5.70 Å². The first kappa shape index (κ1) is 19.3. The molecule has 3 aromatic carbocycles. The van der Waals surface area contributed by atoms with Gasteiger partial charge in [-0.1, -0.05) is 84.4 Å². The van der Waals surface area contributed by atoms with Crippen molar-refractivity contribution in [3.05, 3.63) is 123 Å². The standard InChI is InChI=1S/C28H20ClNO2/c29-19-12-10-17(11-13-19)24-25-22(14-18(15-23(25)31)16-6-2-1-3-7-16)30-27-20-8-4-5-9-21(20)28(32)26(24)27/h1-14,18,24-25,30H,15H2. The van der Waals surface area contributed by atoms with E-state index in [0.29, 0.717) is 22.6 Å². The molecule has 156 valence electrons. The molecule has 0 saturated heterocycles. The summed E-state index contributed by atoms with van der Waals surface area (Å²) in [6.07, 6.45) is 2.60. The van der Waals surface area contributed by atoms with Crippen molar-refractivity contribution in [3.63, 3.8) is 0 Å². The van der Waals surface area contributed by atoms with Crippen LogP contribution in [0.15, 0.2) is 96.2 Å². The Kier molecular flexibility index (Phi) is 4.41. The number of carbonyl (C=O) groups is 2. The van der Waals surface area contributed by atoms with E-state index < -0.39 is 5.92 Å². The Morgan fingerprint density at radius 1 is 0.750 bits per heavy atom. The highest BCUT2D eigenvalue weighted by molar-refractivity contribution is 6.30. The van der Waals surface area contributed by atoms with Gasteiger partial charge >= 0.3 is 0 Å². The van der Waals surface area contributed by atoms with Gasteiger partial charge < -0.3 is 5.32 Å². The lowest BCUT2D eigenvalue weighted by Gasteiger charge is -2.39. The number of Topliss-reactive ketones (excluding diaryl/α,β-unsaturated/α-hetero) is 2. The number of ketones is 2. The molecule has 0 aromatic heterocycles. The highest BCUT2D eigenvalue weighted by Gasteiger charge is 2.48. The molecule has 2 aliphatic carbocycles. The van der Waals surface area contributed by atoms with Crippen LogP contribution in [0.4, 0.5) is 0 Å². The van der Waals surface area contributed by atoms with Crippen LogP contribution in [0.3, 0.4) is 0 Å². The summed E-state index contributed by atoms with van der Waals surface area (Å²) in [7, 11) is 0. The number of nitrogens with one attached hydrogen (secondary N) is 1. The molecular weight excluding hydrogens is 418 g/mol. The summed E-state index contributed by atoms with van der Waals surface area (Å²) in [6, 6.07) is 25.3. The lowest BCUT2D eigenvalue weighted by atomic mass is 9.68. The average molecular weight is 438 g/mol. The molecule has 3 aromatic rings. The Morgan fingerprint density at radius 2 is 1.44 bits per heavy atom. The third kappa shape index (κ3) is 2.89. The maximum absolute atomic E-state index is 13.6. The summed E-state index contributed by atoms with van der Waals surface area (Å²) in [4.78, 5) is 27.1. The Labute approximate surface area is 191 Å². The van der Waals surface area contributed by atoms with Crippen molar-refractivity contribution < 1.29 is 9.59 Å². The van der Waals surface area contributed by atoms with E-state index in [4.69, 9.17) is 11.6 Å². The molecular formula is C28H20ClNO2. The van der Waals surface area contributed by atoms with Crippen LogP contribution in [-0.4, -0.2) is 11.6 Å². The summed E-state index contributed by atoms with van der Waals surface area (Å²) in [5.41, 5.74) is 6.05. The molecule has 3 unspecified atom stereocenters. The Bertz CT molecular complexity index is 1320. The van der Waals surface area contributed by atoms with Crippen LogP contribution in [0.2, 0.25) is 5.02 Å². The quantitative estimate of drug-likeness (QED) is 0.543. The third-order valence-electron chi connectivity index (χ3n) is 6.81. The monoisotopic (exact) mass is 437 g/mol. The Morgan fingerprint density at radius 3 is 2.19 bits per heavy atom. The van der Waals surface area contributed by atoms with E-state index in [0.717, 1.165) is 28.1 Å². The van der Waals surface area contributed by atoms with Crippen molar-refractivity contribution in [1.82, 2.24) is 5.32 Å². The molecule has 3 atom stereocenters. The number of allylic oxidation sites excluding steroid dienone is 3. The molecule has 4 heteroatoms. The van der Waals surface area contributed by atoms with Crippen molar-refractivity contribution in [2.24, 2.45) is 5.92 Å². The predicted molar refractivity (Wildman–Crippen MR) is 125 cm³/mol. The van der Waals surface area contributed by atoms with Gasteiger partial charge in [-0.15, -0.1) is 0 Å². The highest BCUT2D eigenvalue weighted by Crippen LogP contribution is 2.51. The van der Waals surface area contributed by atoms with Crippen LogP contribution < -0.4 is 5.32 Å². The van der Waals surface area contributed by atoms with Gasteiger partial charge in [-0.05, 0) is 23.3 Å². The fourth-order valence-corrected chi connectivity index (χ4v) is 5.50. The molecule has 0 amide bonds. The molecule has 3 nitrogen and oxygen atoms in total. The molecule has 0 fully saturated rings. The normalized spacial score (nSPS) is 23.8. The van der Waals surface area contributed by atoms with E-state index in [-0.39, 0.29) is 23.4 Å². The SMILES string of the molecule is O=C1C2=C(NC3=CC(c4ccccc4)CC(=O)C3C2c2ccc(Cl)cc2)c2ccccc21. The van der Waals surface area contributed by atoms with E-state index in [1.807, 2.05) is 66.7 Å². The molecule has 3 aliphatic rings. The summed E-state index contributed by atoms with van der Waals surface area (Å²) in [5, 5.41) is 4.15. The fourth-order valence-electron chi connectivity index (χ4n) is 5.37. The van der Waals surface area contributed by atoms with Gasteiger partial charge in [-0.2, -0.15) is 0 Å². The molecule has 0 radical (unpaired) electrons. The maximum atomic E-state index is 13.6. The van der Waals surface area contributed by atoms with Gasteiger partial charge in [0, 0.05) is 45.7 Å². The van der Waals surface area contributed by atoms with E-state index >= 15 is 0 Å². The minimum Gasteiger partial charge on any atom is -0.358 e. The molecule has 0 bridgehead atoms. The lowest BCUT2D eigenvalue weighted by Crippen LogP contribution is -2.40. The van der Waals surface area contributed by atoms with Gasteiger partial charge in [0.2, 0.25) is 0 Å². The van der Waals surface area contributed by atoms with Gasteiger partial charge in [-0.3, -0.25) is 9.59 Å². The third-order valence-corrected chi connectivity index (χ3v) is 7.06. The van der Waals surface area contributed by atoms with Gasteiger partial charge in [-0.25, -0.2) is 0 Å². The predicted octanol–water partition coefficient (Wildman–Crippen LogP) is 5.89. The minimum atomic E-state index is -0.409. The zero-order valence-electron chi connectivity index (χ0n) is 17.2. The summed E-state index contributed by atoms with van der Waals surface area (Å²) in [6.45, 7) is 0. The lowest BCUT2D eigenvalue weighted by molar-refractivity contribution is -0.123. The molecule has 1 N–H and O–H groups in total. The zero-order chi connectivity index (χ0) is 21.8. The van der Waals surface area contributed by atoms with Crippen molar-refractivity contribution in [2.45, 2.75) is 18.3 Å². The first-order valence-electron chi connectivity index (χ1n) is 10.8. The second-order valence-electron chi connectivity index (χ2n) is 8.60. The smallest absolute Gasteiger partial charge is 0.192 e.